The Morgan fingerprint density at radius 1 is 1.33 bits per heavy atom. The molecule has 0 amide bonds. The van der Waals surface area contributed by atoms with Crippen molar-refractivity contribution in [2.45, 2.75) is 39.2 Å². The maximum absolute atomic E-state index is 11.1. The third-order valence-electron chi connectivity index (χ3n) is 2.49. The molecular weight excluding hydrogens is 248 g/mol. The van der Waals surface area contributed by atoms with Crippen LogP contribution in [-0.4, -0.2) is 33.6 Å². The Morgan fingerprint density at radius 2 is 2.17 bits per heavy atom. The maximum atomic E-state index is 11.1. The van der Waals surface area contributed by atoms with E-state index in [1.165, 1.54) is 6.42 Å². The number of hydrogen-bond acceptors (Lipinski definition) is 4. The Morgan fingerprint density at radius 3 is 2.89 bits per heavy atom. The van der Waals surface area contributed by atoms with Crippen LogP contribution in [0.3, 0.4) is 0 Å². The van der Waals surface area contributed by atoms with Gasteiger partial charge < -0.3 is 9.30 Å². The molecule has 0 aromatic carbocycles. The summed E-state index contributed by atoms with van der Waals surface area (Å²) in [5.41, 5.74) is 0. The predicted octanol–water partition coefficient (Wildman–Crippen LogP) is 2.74. The highest BCUT2D eigenvalue weighted by molar-refractivity contribution is 7.99. The monoisotopic (exact) mass is 270 g/mol. The number of imidazole rings is 1. The maximum Gasteiger partial charge on any atom is 0.305 e. The van der Waals surface area contributed by atoms with Crippen molar-refractivity contribution in [1.82, 2.24) is 9.55 Å². The summed E-state index contributed by atoms with van der Waals surface area (Å²) in [7, 11) is 0. The van der Waals surface area contributed by atoms with Crippen LogP contribution in [0.25, 0.3) is 0 Å². The number of aromatic nitrogens is 2. The lowest BCUT2D eigenvalue weighted by Crippen LogP contribution is -2.03. The van der Waals surface area contributed by atoms with Crippen molar-refractivity contribution < 1.29 is 9.53 Å². The molecule has 1 heterocycles. The molecule has 0 fully saturated rings. The summed E-state index contributed by atoms with van der Waals surface area (Å²) in [6.07, 6.45) is 9.40. The number of carbonyl (C=O) groups is 1. The zero-order valence-corrected chi connectivity index (χ0v) is 11.8. The minimum atomic E-state index is -0.0670. The number of carbonyl (C=O) groups excluding carboxylic acids is 1. The lowest BCUT2D eigenvalue weighted by molar-refractivity contribution is -0.143. The first-order valence-electron chi connectivity index (χ1n) is 6.52. The zero-order valence-electron chi connectivity index (χ0n) is 11.0. The summed E-state index contributed by atoms with van der Waals surface area (Å²) in [5, 5.41) is 0. The summed E-state index contributed by atoms with van der Waals surface area (Å²) in [6, 6.07) is 0. The minimum Gasteiger partial charge on any atom is -0.466 e. The Bertz CT molecular complexity index is 315. The normalized spacial score (nSPS) is 10.5. The van der Waals surface area contributed by atoms with E-state index >= 15 is 0 Å². The fourth-order valence-corrected chi connectivity index (χ4v) is 2.52. The quantitative estimate of drug-likeness (QED) is 0.484. The number of thioether (sulfide) groups is 1. The van der Waals surface area contributed by atoms with Crippen LogP contribution in [0.1, 0.15) is 32.6 Å². The second kappa shape index (κ2) is 10.00. The van der Waals surface area contributed by atoms with Crippen LogP contribution < -0.4 is 0 Å². The summed E-state index contributed by atoms with van der Waals surface area (Å²) in [5.74, 6) is 2.23. The highest BCUT2D eigenvalue weighted by atomic mass is 32.2. The van der Waals surface area contributed by atoms with E-state index in [-0.39, 0.29) is 5.97 Å². The third kappa shape index (κ3) is 7.37. The van der Waals surface area contributed by atoms with Crippen LogP contribution in [0.2, 0.25) is 0 Å². The molecule has 1 rings (SSSR count). The molecule has 0 aliphatic carbocycles. The predicted molar refractivity (Wildman–Crippen MR) is 74.7 cm³/mol. The molecule has 102 valence electrons. The Kier molecular flexibility index (Phi) is 8.38. The topological polar surface area (TPSA) is 44.1 Å². The van der Waals surface area contributed by atoms with Crippen molar-refractivity contribution in [3.63, 3.8) is 0 Å². The average molecular weight is 270 g/mol. The molecule has 0 aliphatic rings. The molecule has 0 N–H and O–H groups in total. The van der Waals surface area contributed by atoms with Crippen molar-refractivity contribution in [3.05, 3.63) is 18.7 Å². The standard InChI is InChI=1S/C13H22N2O2S/c1-2-17-13(16)6-3-4-10-18-11-5-8-15-9-7-14-12-15/h7,9,12H,2-6,8,10-11H2,1H3. The van der Waals surface area contributed by atoms with Crippen LogP contribution in [0.4, 0.5) is 0 Å². The molecule has 0 atom stereocenters. The third-order valence-corrected chi connectivity index (χ3v) is 3.64. The van der Waals surface area contributed by atoms with Gasteiger partial charge in [-0.1, -0.05) is 0 Å². The zero-order chi connectivity index (χ0) is 13.1. The van der Waals surface area contributed by atoms with E-state index in [4.69, 9.17) is 4.74 Å². The molecular formula is C13H22N2O2S. The number of ether oxygens (including phenoxy) is 1. The lowest BCUT2D eigenvalue weighted by atomic mass is 10.2. The van der Waals surface area contributed by atoms with E-state index < -0.39 is 0 Å². The van der Waals surface area contributed by atoms with Gasteiger partial charge in [-0.05, 0) is 37.7 Å². The van der Waals surface area contributed by atoms with Crippen LogP contribution in [0, 0.1) is 0 Å². The van der Waals surface area contributed by atoms with Crippen molar-refractivity contribution in [2.75, 3.05) is 18.1 Å². The number of unbranched alkanes of at least 4 members (excludes halogenated alkanes) is 1. The van der Waals surface area contributed by atoms with Gasteiger partial charge in [-0.2, -0.15) is 11.8 Å². The summed E-state index contributed by atoms with van der Waals surface area (Å²) in [6.45, 7) is 3.37. The summed E-state index contributed by atoms with van der Waals surface area (Å²) in [4.78, 5) is 15.1. The molecule has 0 saturated heterocycles. The van der Waals surface area contributed by atoms with Gasteiger partial charge in [0, 0.05) is 25.4 Å². The van der Waals surface area contributed by atoms with Crippen molar-refractivity contribution in [3.8, 4) is 0 Å². The smallest absolute Gasteiger partial charge is 0.305 e. The fraction of sp³-hybridized carbons (Fsp3) is 0.692. The highest BCUT2D eigenvalue weighted by Crippen LogP contribution is 2.09. The van der Waals surface area contributed by atoms with E-state index in [1.54, 1.807) is 0 Å². The van der Waals surface area contributed by atoms with Gasteiger partial charge in [-0.25, -0.2) is 4.98 Å². The minimum absolute atomic E-state index is 0.0670. The number of esters is 1. The summed E-state index contributed by atoms with van der Waals surface area (Å²) < 4.78 is 6.97. The van der Waals surface area contributed by atoms with Crippen molar-refractivity contribution >= 4 is 17.7 Å². The van der Waals surface area contributed by atoms with Gasteiger partial charge in [0.1, 0.15) is 0 Å². The lowest BCUT2D eigenvalue weighted by Gasteiger charge is -2.03. The number of rotatable bonds is 10. The first-order chi connectivity index (χ1) is 8.83. The SMILES string of the molecule is CCOC(=O)CCCCSCCCn1ccnc1. The molecule has 4 nitrogen and oxygen atoms in total. The van der Waals surface area contributed by atoms with Crippen LogP contribution in [0.15, 0.2) is 18.7 Å². The van der Waals surface area contributed by atoms with E-state index in [0.717, 1.165) is 30.9 Å². The van der Waals surface area contributed by atoms with E-state index in [1.807, 2.05) is 37.4 Å². The first kappa shape index (κ1) is 15.1. The van der Waals surface area contributed by atoms with Crippen LogP contribution in [0.5, 0.6) is 0 Å². The second-order valence-electron chi connectivity index (χ2n) is 4.03. The van der Waals surface area contributed by atoms with E-state index in [0.29, 0.717) is 13.0 Å². The molecule has 0 radical (unpaired) electrons. The van der Waals surface area contributed by atoms with Gasteiger partial charge in [0.25, 0.3) is 0 Å². The van der Waals surface area contributed by atoms with E-state index in [2.05, 4.69) is 9.55 Å². The average Bonchev–Trinajstić information content (AvgIpc) is 2.86. The van der Waals surface area contributed by atoms with Gasteiger partial charge in [0.2, 0.25) is 0 Å². The molecule has 18 heavy (non-hydrogen) atoms. The fourth-order valence-electron chi connectivity index (χ4n) is 1.58. The Hall–Kier alpha value is -0.970. The van der Waals surface area contributed by atoms with Gasteiger partial charge in [0.05, 0.1) is 12.9 Å². The Labute approximate surface area is 113 Å². The van der Waals surface area contributed by atoms with Gasteiger partial charge in [-0.3, -0.25) is 4.79 Å². The number of aryl methyl sites for hydroxylation is 1. The number of nitrogens with zero attached hydrogens (tertiary/aromatic N) is 2. The second-order valence-corrected chi connectivity index (χ2v) is 5.25. The Balaban J connectivity index is 1.83. The van der Waals surface area contributed by atoms with E-state index in [9.17, 15) is 4.79 Å². The molecule has 5 heteroatoms. The molecule has 0 saturated carbocycles. The van der Waals surface area contributed by atoms with Gasteiger partial charge in [-0.15, -0.1) is 0 Å². The summed E-state index contributed by atoms with van der Waals surface area (Å²) >= 11 is 1.95. The van der Waals surface area contributed by atoms with Gasteiger partial charge >= 0.3 is 5.97 Å². The molecule has 0 bridgehead atoms. The van der Waals surface area contributed by atoms with Crippen LogP contribution in [-0.2, 0) is 16.1 Å². The van der Waals surface area contributed by atoms with Crippen LogP contribution >= 0.6 is 11.8 Å². The van der Waals surface area contributed by atoms with Crippen molar-refractivity contribution in [2.24, 2.45) is 0 Å². The van der Waals surface area contributed by atoms with Crippen molar-refractivity contribution in [1.29, 1.82) is 0 Å². The molecule has 0 spiro atoms. The molecule has 1 aromatic heterocycles. The molecule has 1 aromatic rings. The molecule has 0 unspecified atom stereocenters. The molecule has 0 aliphatic heterocycles. The largest absolute Gasteiger partial charge is 0.466 e. The highest BCUT2D eigenvalue weighted by Gasteiger charge is 2.00. The number of hydrogen-bond donors (Lipinski definition) is 0. The first-order valence-corrected chi connectivity index (χ1v) is 7.67. The van der Waals surface area contributed by atoms with Gasteiger partial charge in [0.15, 0.2) is 0 Å².